The maximum atomic E-state index is 14.9. The van der Waals surface area contributed by atoms with E-state index < -0.39 is 85.6 Å². The fraction of sp³-hybridized carbons (Fsp3) is 0.600. The highest BCUT2D eigenvalue weighted by atomic mass is 32.2. The molecule has 4 N–H and O–H groups in total. The summed E-state index contributed by atoms with van der Waals surface area (Å²) >= 11 is 1.57. The minimum Gasteiger partial charge on any atom is -0.465 e. The van der Waals surface area contributed by atoms with E-state index in [1.165, 1.54) is 4.90 Å². The number of carbonyl (C=O) groups is 4. The Morgan fingerprint density at radius 2 is 1.58 bits per heavy atom. The van der Waals surface area contributed by atoms with Crippen LogP contribution in [0.25, 0.3) is 11.1 Å². The van der Waals surface area contributed by atoms with Crippen molar-refractivity contribution < 1.29 is 41.5 Å². The van der Waals surface area contributed by atoms with E-state index in [4.69, 9.17) is 0 Å². The van der Waals surface area contributed by atoms with Crippen molar-refractivity contribution in [1.29, 1.82) is 0 Å². The van der Waals surface area contributed by atoms with Gasteiger partial charge in [0.05, 0.1) is 15.9 Å². The first-order valence-electron chi connectivity index (χ1n) is 18.9. The molecule has 11 nitrogen and oxygen atoms in total. The molecule has 4 amide bonds. The number of hydrogen-bond donors (Lipinski definition) is 4. The summed E-state index contributed by atoms with van der Waals surface area (Å²) in [5, 5.41) is 14.1. The van der Waals surface area contributed by atoms with Crippen LogP contribution in [-0.4, -0.2) is 83.8 Å². The molecular weight excluding hydrogens is 751 g/mol. The first-order chi connectivity index (χ1) is 25.6. The van der Waals surface area contributed by atoms with Crippen LogP contribution < -0.4 is 15.4 Å². The Bertz CT molecular complexity index is 1850. The minimum atomic E-state index is -4.13. The van der Waals surface area contributed by atoms with Gasteiger partial charge in [-0.15, -0.1) is 11.8 Å². The number of amides is 4. The Morgan fingerprint density at radius 1 is 0.964 bits per heavy atom. The summed E-state index contributed by atoms with van der Waals surface area (Å²) in [6, 6.07) is 15.0. The lowest BCUT2D eigenvalue weighted by Crippen LogP contribution is -2.60. The molecule has 55 heavy (non-hydrogen) atoms. The average Bonchev–Trinajstić information content (AvgIpc) is 4.03. The van der Waals surface area contributed by atoms with Gasteiger partial charge in [0.25, 0.3) is 5.91 Å². The quantitative estimate of drug-likeness (QED) is 0.139. The third-order valence-corrected chi connectivity index (χ3v) is 14.3. The van der Waals surface area contributed by atoms with Crippen LogP contribution in [-0.2, 0) is 29.2 Å². The molecule has 5 rings (SSSR count). The van der Waals surface area contributed by atoms with Gasteiger partial charge in [0.1, 0.15) is 17.6 Å². The number of sulfonamides is 1. The summed E-state index contributed by atoms with van der Waals surface area (Å²) in [5.74, 6) is -3.76. The predicted molar refractivity (Wildman–Crippen MR) is 209 cm³/mol. The van der Waals surface area contributed by atoms with Crippen molar-refractivity contribution in [1.82, 2.24) is 20.3 Å². The van der Waals surface area contributed by atoms with E-state index in [9.17, 15) is 41.5 Å². The standard InChI is InChI=1S/C40H54F2N4O7S2/c1-7-8-20-54-39(27-16-14-26(15-17-27)25-12-10-9-11-13-25)22-30(46(24-39)34(48)31(43-36(50)51)38(5,6)23-37(2,3)4)33(47)44-40(21-29(40)32(41)42)35(49)45-55(52,53)28-18-19-28/h9-17,28-32,43H,7-8,18-24H2,1-6H3,(H,44,47)(H,45,49)(H,50,51)/t29-,30-,31+,39-,40+/m0/s1. The second-order valence-corrected chi connectivity index (χ2v) is 20.7. The SMILES string of the molecule is CCCCS[C@@]1(c2ccc(-c3ccccc3)cc2)C[C@@H](C(=O)N[C@]2(C(=O)NS(=O)(=O)C3CC3)C[C@H]2C(F)F)N(C(=O)[C@@H](NC(=O)O)C(C)(C)CC(C)(C)C)C1. The van der Waals surface area contributed by atoms with E-state index in [1.807, 2.05) is 87.0 Å². The summed E-state index contributed by atoms with van der Waals surface area (Å²) < 4.78 is 55.0. The molecule has 5 atom stereocenters. The zero-order valence-corrected chi connectivity index (χ0v) is 34.0. The van der Waals surface area contributed by atoms with Crippen LogP contribution in [0.15, 0.2) is 54.6 Å². The van der Waals surface area contributed by atoms with Crippen molar-refractivity contribution in [3.63, 3.8) is 0 Å². The maximum Gasteiger partial charge on any atom is 0.405 e. The molecule has 2 saturated carbocycles. The van der Waals surface area contributed by atoms with Crippen molar-refractivity contribution in [2.75, 3.05) is 12.3 Å². The normalized spacial score (nSPS) is 24.6. The van der Waals surface area contributed by atoms with E-state index >= 15 is 0 Å². The second kappa shape index (κ2) is 16.0. The second-order valence-electron chi connectivity index (χ2n) is 17.2. The van der Waals surface area contributed by atoms with E-state index in [2.05, 4.69) is 10.6 Å². The van der Waals surface area contributed by atoms with Gasteiger partial charge in [-0.2, -0.15) is 0 Å². The van der Waals surface area contributed by atoms with Gasteiger partial charge < -0.3 is 20.6 Å². The average molecular weight is 805 g/mol. The van der Waals surface area contributed by atoms with Gasteiger partial charge in [-0.25, -0.2) is 22.0 Å². The molecular formula is C40H54F2N4O7S2. The number of halogens is 2. The van der Waals surface area contributed by atoms with Gasteiger partial charge in [0.2, 0.25) is 28.3 Å². The van der Waals surface area contributed by atoms with Gasteiger partial charge in [-0.05, 0) is 71.8 Å². The van der Waals surface area contributed by atoms with Crippen molar-refractivity contribution in [3.05, 3.63) is 60.2 Å². The molecule has 1 aliphatic heterocycles. The van der Waals surface area contributed by atoms with E-state index in [1.54, 1.807) is 25.6 Å². The highest BCUT2D eigenvalue weighted by Crippen LogP contribution is 2.51. The van der Waals surface area contributed by atoms with E-state index in [0.717, 1.165) is 29.5 Å². The summed E-state index contributed by atoms with van der Waals surface area (Å²) in [4.78, 5) is 56.6. The molecule has 2 aromatic carbocycles. The van der Waals surface area contributed by atoms with Gasteiger partial charge in [-0.1, -0.05) is 103 Å². The molecule has 0 spiro atoms. The molecule has 302 valence electrons. The molecule has 0 bridgehead atoms. The molecule has 0 aromatic heterocycles. The minimum absolute atomic E-state index is 0.0140. The van der Waals surface area contributed by atoms with Crippen molar-refractivity contribution in [2.45, 2.75) is 121 Å². The third-order valence-electron chi connectivity index (χ3n) is 10.9. The number of alkyl halides is 2. The van der Waals surface area contributed by atoms with E-state index in [0.29, 0.717) is 25.0 Å². The highest BCUT2D eigenvalue weighted by molar-refractivity contribution is 8.00. The molecule has 0 unspecified atom stereocenters. The Kier molecular flexibility index (Phi) is 12.4. The maximum absolute atomic E-state index is 14.9. The molecule has 2 aliphatic carbocycles. The number of unbranched alkanes of at least 4 members (excludes halogenated alkanes) is 1. The van der Waals surface area contributed by atoms with Crippen molar-refractivity contribution in [2.24, 2.45) is 16.7 Å². The Balaban J connectivity index is 1.57. The van der Waals surface area contributed by atoms with Gasteiger partial charge in [-0.3, -0.25) is 19.1 Å². The fourth-order valence-electron chi connectivity index (χ4n) is 8.13. The van der Waals surface area contributed by atoms with Crippen LogP contribution in [0.3, 0.4) is 0 Å². The Hall–Kier alpha value is -3.72. The van der Waals surface area contributed by atoms with Gasteiger partial charge >= 0.3 is 6.09 Å². The van der Waals surface area contributed by atoms with E-state index in [-0.39, 0.29) is 18.4 Å². The monoisotopic (exact) mass is 804 g/mol. The van der Waals surface area contributed by atoms with Crippen LogP contribution in [0, 0.1) is 16.7 Å². The number of rotatable bonds is 16. The number of nitrogens with zero attached hydrogens (tertiary/aromatic N) is 1. The number of carboxylic acid groups (broad SMARTS) is 1. The fourth-order valence-corrected chi connectivity index (χ4v) is 11.1. The molecule has 1 heterocycles. The van der Waals surface area contributed by atoms with Gasteiger partial charge in [0.15, 0.2) is 0 Å². The Labute approximate surface area is 327 Å². The molecule has 3 aliphatic rings. The molecule has 15 heteroatoms. The highest BCUT2D eigenvalue weighted by Gasteiger charge is 2.67. The Morgan fingerprint density at radius 3 is 2.11 bits per heavy atom. The van der Waals surface area contributed by atoms with Crippen LogP contribution in [0.5, 0.6) is 0 Å². The smallest absolute Gasteiger partial charge is 0.405 e. The number of nitrogens with one attached hydrogen (secondary N) is 3. The summed E-state index contributed by atoms with van der Waals surface area (Å²) in [5.41, 5.74) is -0.698. The summed E-state index contributed by atoms with van der Waals surface area (Å²) in [6.07, 6.45) is -2.12. The van der Waals surface area contributed by atoms with Crippen LogP contribution in [0.4, 0.5) is 13.6 Å². The van der Waals surface area contributed by atoms with Crippen LogP contribution >= 0.6 is 11.8 Å². The third kappa shape index (κ3) is 9.64. The number of thioether (sulfide) groups is 1. The number of benzene rings is 2. The topological polar surface area (TPSA) is 162 Å². The lowest BCUT2D eigenvalue weighted by molar-refractivity contribution is -0.143. The zero-order valence-electron chi connectivity index (χ0n) is 32.4. The lowest BCUT2D eigenvalue weighted by atomic mass is 9.71. The number of carbonyl (C=O) groups excluding carboxylic acids is 3. The first-order valence-corrected chi connectivity index (χ1v) is 21.4. The first kappa shape index (κ1) is 42.4. The molecule has 2 aromatic rings. The molecule has 3 fully saturated rings. The lowest BCUT2D eigenvalue weighted by Gasteiger charge is -2.40. The molecule has 1 saturated heterocycles. The van der Waals surface area contributed by atoms with Crippen LogP contribution in [0.2, 0.25) is 0 Å². The van der Waals surface area contributed by atoms with Crippen molar-refractivity contribution >= 4 is 45.6 Å². The summed E-state index contributed by atoms with van der Waals surface area (Å²) in [6.45, 7) is 11.5. The largest absolute Gasteiger partial charge is 0.465 e. The summed E-state index contributed by atoms with van der Waals surface area (Å²) in [7, 11) is -4.13. The van der Waals surface area contributed by atoms with Crippen molar-refractivity contribution in [3.8, 4) is 11.1 Å². The molecule has 0 radical (unpaired) electrons. The van der Waals surface area contributed by atoms with Gasteiger partial charge in [0, 0.05) is 6.54 Å². The number of likely N-dealkylation sites (tertiary alicyclic amines) is 1. The predicted octanol–water partition coefficient (Wildman–Crippen LogP) is 6.53. The zero-order chi connectivity index (χ0) is 40.6. The van der Waals surface area contributed by atoms with Crippen LogP contribution in [0.1, 0.15) is 92.1 Å². The number of hydrogen-bond acceptors (Lipinski definition) is 7.